The van der Waals surface area contributed by atoms with Gasteiger partial charge in [-0.15, -0.1) is 0 Å². The van der Waals surface area contributed by atoms with Gasteiger partial charge in [-0.2, -0.15) is 0 Å². The van der Waals surface area contributed by atoms with E-state index in [2.05, 4.69) is 65.1 Å². The molecule has 1 aromatic carbocycles. The van der Waals surface area contributed by atoms with Crippen LogP contribution in [0.15, 0.2) is 54.1 Å². The van der Waals surface area contributed by atoms with Crippen molar-refractivity contribution in [3.8, 4) is 0 Å². The molecule has 4 fully saturated rings. The van der Waals surface area contributed by atoms with Crippen LogP contribution in [0, 0.1) is 23.7 Å². The number of hydrogen-bond acceptors (Lipinski definition) is 13. The summed E-state index contributed by atoms with van der Waals surface area (Å²) in [4.78, 5) is 38.6. The Morgan fingerprint density at radius 2 is 1.37 bits per heavy atom. The number of aliphatic hydroxyl groups is 3. The maximum Gasteiger partial charge on any atom is 0.308 e. The monoisotopic (exact) mass is 978 g/mol. The number of aliphatic hydroxyl groups excluding tert-OH is 3. The highest BCUT2D eigenvalue weighted by atomic mass is 16.7. The fourth-order valence-corrected chi connectivity index (χ4v) is 12.3. The Bertz CT molecular complexity index is 1730. The van der Waals surface area contributed by atoms with E-state index in [-0.39, 0.29) is 67.2 Å². The molecule has 6 rings (SSSR count). The van der Waals surface area contributed by atoms with Crippen LogP contribution in [0.5, 0.6) is 0 Å². The molecule has 4 N–H and O–H groups in total. The molecule has 1 aromatic rings. The number of rotatable bonds is 18. The van der Waals surface area contributed by atoms with Crippen LogP contribution in [0.1, 0.15) is 136 Å². The van der Waals surface area contributed by atoms with Crippen LogP contribution in [0.25, 0.3) is 0 Å². The van der Waals surface area contributed by atoms with E-state index in [1.54, 1.807) is 6.92 Å². The predicted octanol–water partition coefficient (Wildman–Crippen LogP) is 6.98. The third-order valence-electron chi connectivity index (χ3n) is 16.7. The van der Waals surface area contributed by atoms with Crippen molar-refractivity contribution in [3.05, 3.63) is 59.7 Å². The number of allylic oxidation sites excluding steroid dienone is 2. The van der Waals surface area contributed by atoms with Crippen molar-refractivity contribution < 1.29 is 39.1 Å². The van der Waals surface area contributed by atoms with Gasteiger partial charge in [-0.05, 0) is 187 Å². The SMILES string of the molecule is CC(CC1=C[C@H](CNCc2ccccc2)COC(=O)C[C@@H](O)[C@@H](CC(C)N2CCCCC2)[C@H](CCO[C@@H]2O[C@H](C)[C@@H](O)[C@H](N(C)C)[C@H]2O)CC[C@H](CC(C)N2CCCCC2)C(=O)C=C1)N1CCCCC1. The average molecular weight is 978 g/mol. The minimum Gasteiger partial charge on any atom is -0.465 e. The molecular formula is C57H95N5O8. The normalized spacial score (nSPS) is 32.6. The highest BCUT2D eigenvalue weighted by Gasteiger charge is 2.45. The van der Waals surface area contributed by atoms with Crippen LogP contribution in [-0.2, 0) is 30.3 Å². The van der Waals surface area contributed by atoms with Gasteiger partial charge in [0.05, 0.1) is 44.0 Å². The minimum atomic E-state index is -1.07. The third kappa shape index (κ3) is 17.5. The predicted molar refractivity (Wildman–Crippen MR) is 278 cm³/mol. The summed E-state index contributed by atoms with van der Waals surface area (Å²) in [5, 5.41) is 38.4. The molecule has 0 aromatic heterocycles. The van der Waals surface area contributed by atoms with Gasteiger partial charge < -0.3 is 54.4 Å². The molecule has 3 unspecified atom stereocenters. The Morgan fingerprint density at radius 3 is 1.99 bits per heavy atom. The first kappa shape index (κ1) is 56.7. The molecule has 13 nitrogen and oxygen atoms in total. The summed E-state index contributed by atoms with van der Waals surface area (Å²) in [5.41, 5.74) is 2.25. The Labute approximate surface area is 422 Å². The highest BCUT2D eigenvalue weighted by Crippen LogP contribution is 2.36. The van der Waals surface area contributed by atoms with Crippen LogP contribution in [-0.4, -0.2) is 175 Å². The van der Waals surface area contributed by atoms with E-state index < -0.39 is 42.7 Å². The molecule has 70 heavy (non-hydrogen) atoms. The lowest BCUT2D eigenvalue weighted by Gasteiger charge is -2.44. The van der Waals surface area contributed by atoms with Gasteiger partial charge in [-0.3, -0.25) is 9.59 Å². The molecule has 5 aliphatic rings. The number of nitrogens with one attached hydrogen (secondary N) is 1. The summed E-state index contributed by atoms with van der Waals surface area (Å²) < 4.78 is 18.7. The molecule has 13 atom stereocenters. The lowest BCUT2D eigenvalue weighted by molar-refractivity contribution is -0.281. The number of ketones is 1. The first-order valence-electron chi connectivity index (χ1n) is 27.8. The lowest BCUT2D eigenvalue weighted by atomic mass is 9.75. The van der Waals surface area contributed by atoms with Gasteiger partial charge in [0.1, 0.15) is 6.10 Å². The van der Waals surface area contributed by atoms with Gasteiger partial charge in [0.25, 0.3) is 0 Å². The number of hydrogen-bond donors (Lipinski definition) is 4. The van der Waals surface area contributed by atoms with Crippen LogP contribution >= 0.6 is 0 Å². The van der Waals surface area contributed by atoms with Crippen molar-refractivity contribution in [3.63, 3.8) is 0 Å². The zero-order chi connectivity index (χ0) is 50.0. The standard InChI is InChI=1S/C57H95N5O8/c1-41(60-26-13-8-14-27-60)33-46-21-24-51(63)49(34-42(2)61-28-15-9-16-29-61)23-22-48(25-32-68-57-56(67)54(59(5)6)55(66)44(4)70-57)50(35-43(3)62-30-17-10-18-31-62)52(64)37-53(65)69-40-47(36-46)39-58-38-45-19-11-7-12-20-45/h7,11-12,19-21,24,36,41-44,47-50,52,54-58,64,66-67H,8-10,13-18,22-23,25-35,37-40H2,1-6H3/t41?,42?,43?,44-,47-,48+,49-,50+,52-,54+,55-,56-,57-/m1/s1. The first-order chi connectivity index (χ1) is 33.8. The van der Waals surface area contributed by atoms with Crippen LogP contribution in [0.2, 0.25) is 0 Å². The molecule has 0 amide bonds. The second kappa shape index (κ2) is 29.4. The van der Waals surface area contributed by atoms with Crippen molar-refractivity contribution in [2.75, 3.05) is 73.1 Å². The number of likely N-dealkylation sites (N-methyl/N-ethyl adjacent to an activating group) is 1. The molecule has 0 saturated carbocycles. The fourth-order valence-electron chi connectivity index (χ4n) is 12.3. The van der Waals surface area contributed by atoms with Crippen molar-refractivity contribution in [1.82, 2.24) is 24.9 Å². The Balaban J connectivity index is 1.32. The van der Waals surface area contributed by atoms with Gasteiger partial charge in [-0.1, -0.05) is 61.7 Å². The maximum absolute atomic E-state index is 15.0. The number of nitrogens with zero attached hydrogens (tertiary/aromatic N) is 4. The number of esters is 1. The summed E-state index contributed by atoms with van der Waals surface area (Å²) in [6.07, 6.45) is 16.5. The first-order valence-corrected chi connectivity index (χ1v) is 27.8. The molecule has 13 heteroatoms. The second-order valence-corrected chi connectivity index (χ2v) is 22.3. The average Bonchev–Trinajstić information content (AvgIpc) is 3.36. The van der Waals surface area contributed by atoms with Gasteiger partial charge in [0.2, 0.25) is 0 Å². The Morgan fingerprint density at radius 1 is 0.771 bits per heavy atom. The van der Waals surface area contributed by atoms with Crippen LogP contribution in [0.3, 0.4) is 0 Å². The molecule has 5 aliphatic heterocycles. The van der Waals surface area contributed by atoms with Crippen LogP contribution in [0.4, 0.5) is 0 Å². The molecule has 4 saturated heterocycles. The van der Waals surface area contributed by atoms with Crippen molar-refractivity contribution in [1.29, 1.82) is 0 Å². The van der Waals surface area contributed by atoms with E-state index in [1.807, 2.05) is 43.3 Å². The van der Waals surface area contributed by atoms with Gasteiger partial charge in [0.15, 0.2) is 12.1 Å². The third-order valence-corrected chi connectivity index (χ3v) is 16.7. The van der Waals surface area contributed by atoms with Gasteiger partial charge >= 0.3 is 5.97 Å². The Hall–Kier alpha value is -2.56. The second-order valence-electron chi connectivity index (χ2n) is 22.3. The van der Waals surface area contributed by atoms with E-state index in [0.717, 1.165) is 70.5 Å². The zero-order valence-electron chi connectivity index (χ0n) is 44.2. The number of carbonyl (C=O) groups is 2. The number of benzene rings is 1. The van der Waals surface area contributed by atoms with Gasteiger partial charge in [0, 0.05) is 43.1 Å². The number of cyclic esters (lactones) is 1. The molecule has 0 aliphatic carbocycles. The van der Waals surface area contributed by atoms with E-state index in [4.69, 9.17) is 14.2 Å². The summed E-state index contributed by atoms with van der Waals surface area (Å²) in [7, 11) is 3.67. The fraction of sp³-hybridized carbons (Fsp3) is 0.789. The summed E-state index contributed by atoms with van der Waals surface area (Å²) in [6, 6.07) is 10.4. The number of ether oxygens (including phenoxy) is 3. The summed E-state index contributed by atoms with van der Waals surface area (Å²) in [5.74, 6) is -1.06. The number of carbonyl (C=O) groups excluding carboxylic acids is 2. The minimum absolute atomic E-state index is 0.114. The summed E-state index contributed by atoms with van der Waals surface area (Å²) >= 11 is 0. The van der Waals surface area contributed by atoms with E-state index >= 15 is 0 Å². The smallest absolute Gasteiger partial charge is 0.308 e. The van der Waals surface area contributed by atoms with Crippen molar-refractivity contribution in [2.24, 2.45) is 23.7 Å². The zero-order valence-corrected chi connectivity index (χ0v) is 44.2. The van der Waals surface area contributed by atoms with Crippen LogP contribution < -0.4 is 5.32 Å². The molecular weight excluding hydrogens is 883 g/mol. The van der Waals surface area contributed by atoms with Gasteiger partial charge in [-0.25, -0.2) is 0 Å². The lowest BCUT2D eigenvalue weighted by Crippen LogP contribution is -2.62. The molecule has 0 radical (unpaired) electrons. The molecule has 0 bridgehead atoms. The topological polar surface area (TPSA) is 148 Å². The Kier molecular flexibility index (Phi) is 23.8. The summed E-state index contributed by atoms with van der Waals surface area (Å²) in [6.45, 7) is 16.6. The molecule has 0 spiro atoms. The highest BCUT2D eigenvalue weighted by molar-refractivity contribution is 5.92. The van der Waals surface area contributed by atoms with Crippen molar-refractivity contribution >= 4 is 11.8 Å². The van der Waals surface area contributed by atoms with E-state index in [0.29, 0.717) is 38.8 Å². The van der Waals surface area contributed by atoms with E-state index in [9.17, 15) is 24.9 Å². The molecule has 5 heterocycles. The largest absolute Gasteiger partial charge is 0.465 e. The molecule has 396 valence electrons. The quantitative estimate of drug-likeness (QED) is 0.112. The number of piperidine rings is 3. The maximum atomic E-state index is 15.0. The number of likely N-dealkylation sites (tertiary alicyclic amines) is 3. The van der Waals surface area contributed by atoms with E-state index in [1.165, 1.54) is 50.5 Å². The van der Waals surface area contributed by atoms with Crippen molar-refractivity contribution in [2.45, 2.75) is 192 Å².